The summed E-state index contributed by atoms with van der Waals surface area (Å²) in [6, 6.07) is 0. The van der Waals surface area contributed by atoms with Crippen LogP contribution < -0.4 is 0 Å². The first-order chi connectivity index (χ1) is 12.9. The molecular formula is C22H36O5Si. The number of esters is 2. The number of rotatable bonds is 7. The Morgan fingerprint density at radius 1 is 0.964 bits per heavy atom. The van der Waals surface area contributed by atoms with Crippen LogP contribution in [0.1, 0.15) is 68.2 Å². The van der Waals surface area contributed by atoms with Gasteiger partial charge in [-0.2, -0.15) is 0 Å². The number of ether oxygens (including phenoxy) is 2. The van der Waals surface area contributed by atoms with Crippen LogP contribution in [0.15, 0.2) is 35.3 Å². The van der Waals surface area contributed by atoms with E-state index in [9.17, 15) is 9.59 Å². The summed E-state index contributed by atoms with van der Waals surface area (Å²) in [6.07, 6.45) is 5.09. The molecular weight excluding hydrogens is 372 g/mol. The van der Waals surface area contributed by atoms with Gasteiger partial charge in [0, 0.05) is 0 Å². The second kappa shape index (κ2) is 9.12. The monoisotopic (exact) mass is 408 g/mol. The highest BCUT2D eigenvalue weighted by molar-refractivity contribution is 6.91. The Morgan fingerprint density at radius 3 is 1.89 bits per heavy atom. The Balaban J connectivity index is 3.90. The van der Waals surface area contributed by atoms with Gasteiger partial charge in [-0.3, -0.25) is 0 Å². The molecule has 158 valence electrons. The smallest absolute Gasteiger partial charge is 0.342 e. The van der Waals surface area contributed by atoms with E-state index < -0.39 is 20.3 Å². The van der Waals surface area contributed by atoms with Gasteiger partial charge in [0.2, 0.25) is 0 Å². The topological polar surface area (TPSA) is 61.8 Å². The average molecular weight is 409 g/mol. The molecule has 1 rings (SSSR count). The summed E-state index contributed by atoms with van der Waals surface area (Å²) in [5.41, 5.74) is 0.237. The first-order valence-electron chi connectivity index (χ1n) is 9.98. The van der Waals surface area contributed by atoms with Crippen molar-refractivity contribution in [2.45, 2.75) is 78.3 Å². The summed E-state index contributed by atoms with van der Waals surface area (Å²) in [7, 11) is -3.03. The molecule has 5 nitrogen and oxygen atoms in total. The van der Waals surface area contributed by atoms with E-state index in [1.807, 2.05) is 12.2 Å². The van der Waals surface area contributed by atoms with E-state index in [4.69, 9.17) is 13.9 Å². The molecule has 1 aliphatic rings. The molecule has 0 aromatic heterocycles. The molecule has 28 heavy (non-hydrogen) atoms. The molecule has 0 atom stereocenters. The number of carbonyl (C=O) groups excluding carboxylic acids is 2. The predicted octanol–water partition coefficient (Wildman–Crippen LogP) is 5.37. The van der Waals surface area contributed by atoms with Gasteiger partial charge in [0.1, 0.15) is 11.3 Å². The third-order valence-electron chi connectivity index (χ3n) is 4.88. The Labute approximate surface area is 170 Å². The zero-order valence-corrected chi connectivity index (χ0v) is 19.7. The minimum Gasteiger partial charge on any atom is -0.537 e. The van der Waals surface area contributed by atoms with Gasteiger partial charge in [-0.15, -0.1) is 6.58 Å². The molecule has 0 aromatic carbocycles. The SMILES string of the molecule is C=CCC/C=C1\O[Si](C(C)(C)C)(C(C)(C)C)C(C(=O)OCC)=C1C(=O)OCC. The van der Waals surface area contributed by atoms with Gasteiger partial charge in [-0.25, -0.2) is 9.59 Å². The van der Waals surface area contributed by atoms with Crippen molar-refractivity contribution in [3.8, 4) is 0 Å². The van der Waals surface area contributed by atoms with E-state index in [2.05, 4.69) is 48.1 Å². The lowest BCUT2D eigenvalue weighted by Crippen LogP contribution is -2.56. The lowest BCUT2D eigenvalue weighted by atomic mass is 10.1. The molecule has 0 unspecified atom stereocenters. The maximum absolute atomic E-state index is 13.2. The van der Waals surface area contributed by atoms with E-state index in [0.717, 1.165) is 6.42 Å². The fraction of sp³-hybridized carbons (Fsp3) is 0.636. The normalized spacial score (nSPS) is 18.1. The standard InChI is InChI=1S/C22H36O5Si/c1-10-13-14-15-16-17(19(23)25-11-2)18(20(24)26-12-3)28(27-16,21(4,5)6)22(7,8)9/h10,15H,1,11-14H2,2-9H3/b16-15-. The quantitative estimate of drug-likeness (QED) is 0.245. The third-order valence-corrected chi connectivity index (χ3v) is 10.8. The molecule has 0 saturated carbocycles. The first-order valence-corrected chi connectivity index (χ1v) is 11.9. The van der Waals surface area contributed by atoms with Crippen molar-refractivity contribution in [2.75, 3.05) is 13.2 Å². The third kappa shape index (κ3) is 4.42. The first kappa shape index (κ1) is 24.2. The van der Waals surface area contributed by atoms with Crippen molar-refractivity contribution >= 4 is 20.3 Å². The van der Waals surface area contributed by atoms with Gasteiger partial charge in [0.05, 0.1) is 18.4 Å². The number of hydrogen-bond donors (Lipinski definition) is 0. The van der Waals surface area contributed by atoms with Crippen LogP contribution in [0.2, 0.25) is 10.1 Å². The van der Waals surface area contributed by atoms with Gasteiger partial charge < -0.3 is 13.9 Å². The summed E-state index contributed by atoms with van der Waals surface area (Å²) in [5.74, 6) is -0.563. The van der Waals surface area contributed by atoms with Crippen molar-refractivity contribution in [1.82, 2.24) is 0 Å². The number of allylic oxidation sites excluding steroid dienone is 2. The summed E-state index contributed by atoms with van der Waals surface area (Å²) in [6.45, 7) is 20.1. The lowest BCUT2D eigenvalue weighted by molar-refractivity contribution is -0.141. The summed E-state index contributed by atoms with van der Waals surface area (Å²) < 4.78 is 17.4. The van der Waals surface area contributed by atoms with Crippen LogP contribution in [0.3, 0.4) is 0 Å². The molecule has 0 fully saturated rings. The van der Waals surface area contributed by atoms with Crippen LogP contribution in [0.4, 0.5) is 0 Å². The van der Waals surface area contributed by atoms with Gasteiger partial charge in [-0.05, 0) is 42.8 Å². The van der Waals surface area contributed by atoms with E-state index in [-0.39, 0.29) is 28.9 Å². The number of carbonyl (C=O) groups is 2. The van der Waals surface area contributed by atoms with E-state index >= 15 is 0 Å². The zero-order chi connectivity index (χ0) is 21.8. The minimum absolute atomic E-state index is 0.220. The van der Waals surface area contributed by atoms with Crippen molar-refractivity contribution < 1.29 is 23.5 Å². The molecule has 1 aliphatic heterocycles. The Kier molecular flexibility index (Phi) is 7.88. The second-order valence-electron chi connectivity index (χ2n) is 8.91. The largest absolute Gasteiger partial charge is 0.537 e. The number of hydrogen-bond acceptors (Lipinski definition) is 5. The average Bonchev–Trinajstić information content (AvgIpc) is 2.92. The van der Waals surface area contributed by atoms with Gasteiger partial charge in [-0.1, -0.05) is 47.6 Å². The summed E-state index contributed by atoms with van der Waals surface area (Å²) >= 11 is 0. The molecule has 0 amide bonds. The van der Waals surface area contributed by atoms with Gasteiger partial charge >= 0.3 is 20.3 Å². The highest BCUT2D eigenvalue weighted by Gasteiger charge is 2.67. The van der Waals surface area contributed by atoms with E-state index in [0.29, 0.717) is 17.4 Å². The van der Waals surface area contributed by atoms with Crippen LogP contribution in [0.25, 0.3) is 0 Å². The molecule has 0 aliphatic carbocycles. The van der Waals surface area contributed by atoms with Crippen LogP contribution >= 0.6 is 0 Å². The zero-order valence-electron chi connectivity index (χ0n) is 18.7. The molecule has 0 saturated heterocycles. The molecule has 0 radical (unpaired) electrons. The maximum atomic E-state index is 13.2. The highest BCUT2D eigenvalue weighted by Crippen LogP contribution is 2.60. The van der Waals surface area contributed by atoms with Gasteiger partial charge in [0.15, 0.2) is 0 Å². The lowest BCUT2D eigenvalue weighted by Gasteiger charge is -2.47. The van der Waals surface area contributed by atoms with Crippen LogP contribution in [-0.2, 0) is 23.5 Å². The molecule has 6 heteroatoms. The van der Waals surface area contributed by atoms with Crippen molar-refractivity contribution in [3.63, 3.8) is 0 Å². The van der Waals surface area contributed by atoms with Crippen LogP contribution in [-0.4, -0.2) is 33.5 Å². The summed E-state index contributed by atoms with van der Waals surface area (Å²) in [4.78, 5) is 26.1. The van der Waals surface area contributed by atoms with Crippen molar-refractivity contribution in [1.29, 1.82) is 0 Å². The fourth-order valence-corrected chi connectivity index (χ4v) is 10.00. The van der Waals surface area contributed by atoms with Crippen molar-refractivity contribution in [3.05, 3.63) is 35.3 Å². The summed E-state index contributed by atoms with van der Waals surface area (Å²) in [5, 5.41) is -0.337. The molecule has 0 N–H and O–H groups in total. The Hall–Kier alpha value is -1.82. The second-order valence-corrected chi connectivity index (χ2v) is 14.0. The number of unbranched alkanes of at least 4 members (excludes halogenated alkanes) is 1. The van der Waals surface area contributed by atoms with E-state index in [1.165, 1.54) is 0 Å². The Morgan fingerprint density at radius 2 is 1.46 bits per heavy atom. The minimum atomic E-state index is -3.03. The molecule has 1 heterocycles. The predicted molar refractivity (Wildman–Crippen MR) is 114 cm³/mol. The fourth-order valence-electron chi connectivity index (χ4n) is 4.08. The van der Waals surface area contributed by atoms with E-state index in [1.54, 1.807) is 13.8 Å². The maximum Gasteiger partial charge on any atom is 0.342 e. The molecule has 0 bridgehead atoms. The van der Waals surface area contributed by atoms with Gasteiger partial charge in [0.25, 0.3) is 0 Å². The molecule has 0 spiro atoms. The van der Waals surface area contributed by atoms with Crippen LogP contribution in [0.5, 0.6) is 0 Å². The Bertz CT molecular complexity index is 660. The highest BCUT2D eigenvalue weighted by atomic mass is 28.4. The molecule has 0 aromatic rings. The van der Waals surface area contributed by atoms with Crippen molar-refractivity contribution in [2.24, 2.45) is 0 Å². The van der Waals surface area contributed by atoms with Crippen LogP contribution in [0, 0.1) is 0 Å².